The maximum atomic E-state index is 3.02. The molecule has 0 amide bonds. The highest BCUT2D eigenvalue weighted by molar-refractivity contribution is 5.29. The van der Waals surface area contributed by atoms with Gasteiger partial charge in [0, 0.05) is 6.42 Å². The van der Waals surface area contributed by atoms with E-state index in [1.54, 1.807) is 0 Å². The van der Waals surface area contributed by atoms with Crippen LogP contribution in [-0.4, -0.2) is 0 Å². The van der Waals surface area contributed by atoms with Gasteiger partial charge < -0.3 is 0 Å². The zero-order chi connectivity index (χ0) is 9.23. The molecule has 0 aromatic carbocycles. The molecule has 0 aliphatic carbocycles. The Hall–Kier alpha value is -1.32. The fourth-order valence-corrected chi connectivity index (χ4v) is 0.670. The van der Waals surface area contributed by atoms with E-state index in [1.165, 1.54) is 0 Å². The SMILES string of the molecule is CC#CC(C#CC#CCC)CC. The summed E-state index contributed by atoms with van der Waals surface area (Å²) in [6.07, 6.45) is 1.84. The minimum Gasteiger partial charge on any atom is -0.105 e. The van der Waals surface area contributed by atoms with Crippen LogP contribution in [0.2, 0.25) is 0 Å². The Morgan fingerprint density at radius 2 is 1.83 bits per heavy atom. The van der Waals surface area contributed by atoms with Gasteiger partial charge in [0.05, 0.1) is 5.92 Å². The summed E-state index contributed by atoms with van der Waals surface area (Å²) in [7, 11) is 0. The van der Waals surface area contributed by atoms with E-state index in [9.17, 15) is 0 Å². The lowest BCUT2D eigenvalue weighted by molar-refractivity contribution is 0.827. The van der Waals surface area contributed by atoms with Crippen molar-refractivity contribution in [1.82, 2.24) is 0 Å². The summed E-state index contributed by atoms with van der Waals surface area (Å²) in [4.78, 5) is 0. The van der Waals surface area contributed by atoms with Crippen LogP contribution >= 0.6 is 0 Å². The summed E-state index contributed by atoms with van der Waals surface area (Å²) in [5.74, 6) is 17.6. The third kappa shape index (κ3) is 5.46. The van der Waals surface area contributed by atoms with Crippen molar-refractivity contribution in [3.8, 4) is 35.5 Å². The molecule has 0 heterocycles. The molecule has 12 heavy (non-hydrogen) atoms. The first-order valence-electron chi connectivity index (χ1n) is 4.25. The summed E-state index contributed by atoms with van der Waals surface area (Å²) in [5.41, 5.74) is 0. The van der Waals surface area contributed by atoms with E-state index in [1.807, 2.05) is 13.8 Å². The van der Waals surface area contributed by atoms with Gasteiger partial charge in [0.15, 0.2) is 0 Å². The van der Waals surface area contributed by atoms with Crippen LogP contribution in [0.4, 0.5) is 0 Å². The summed E-state index contributed by atoms with van der Waals surface area (Å²) in [6.45, 7) is 5.93. The molecule has 0 bridgehead atoms. The molecule has 0 heteroatoms. The van der Waals surface area contributed by atoms with Crippen molar-refractivity contribution in [2.75, 3.05) is 0 Å². The minimum atomic E-state index is 0.196. The monoisotopic (exact) mass is 158 g/mol. The van der Waals surface area contributed by atoms with E-state index in [0.29, 0.717) is 0 Å². The van der Waals surface area contributed by atoms with Gasteiger partial charge in [-0.2, -0.15) is 0 Å². The van der Waals surface area contributed by atoms with Crippen molar-refractivity contribution in [2.45, 2.75) is 33.6 Å². The summed E-state index contributed by atoms with van der Waals surface area (Å²) in [6, 6.07) is 0. The van der Waals surface area contributed by atoms with Crippen molar-refractivity contribution in [3.05, 3.63) is 0 Å². The molecule has 0 nitrogen and oxygen atoms in total. The lowest BCUT2D eigenvalue weighted by Crippen LogP contribution is -1.88. The Morgan fingerprint density at radius 3 is 2.33 bits per heavy atom. The van der Waals surface area contributed by atoms with Crippen LogP contribution in [-0.2, 0) is 0 Å². The first-order valence-corrected chi connectivity index (χ1v) is 4.25. The van der Waals surface area contributed by atoms with Gasteiger partial charge in [0.2, 0.25) is 0 Å². The van der Waals surface area contributed by atoms with Crippen LogP contribution in [0.25, 0.3) is 0 Å². The highest BCUT2D eigenvalue weighted by Crippen LogP contribution is 1.96. The van der Waals surface area contributed by atoms with Gasteiger partial charge in [0.25, 0.3) is 0 Å². The van der Waals surface area contributed by atoms with Crippen LogP contribution in [0.5, 0.6) is 0 Å². The summed E-state index contributed by atoms with van der Waals surface area (Å²) < 4.78 is 0. The molecule has 0 radical (unpaired) electrons. The minimum absolute atomic E-state index is 0.196. The van der Waals surface area contributed by atoms with Crippen LogP contribution in [0.15, 0.2) is 0 Å². The second-order valence-corrected chi connectivity index (χ2v) is 2.28. The van der Waals surface area contributed by atoms with Gasteiger partial charge in [-0.1, -0.05) is 31.6 Å². The van der Waals surface area contributed by atoms with Gasteiger partial charge in [-0.15, -0.1) is 5.92 Å². The Kier molecular flexibility index (Phi) is 6.93. The molecule has 0 rings (SSSR count). The molecule has 0 N–H and O–H groups in total. The predicted molar refractivity (Wildman–Crippen MR) is 53.1 cm³/mol. The summed E-state index contributed by atoms with van der Waals surface area (Å²) in [5, 5.41) is 0. The first-order chi connectivity index (χ1) is 5.85. The zero-order valence-corrected chi connectivity index (χ0v) is 7.99. The average Bonchev–Trinajstić information content (AvgIpc) is 2.10. The molecule has 0 aliphatic heterocycles. The number of rotatable bonds is 1. The van der Waals surface area contributed by atoms with Crippen molar-refractivity contribution < 1.29 is 0 Å². The fourth-order valence-electron chi connectivity index (χ4n) is 0.670. The van der Waals surface area contributed by atoms with Crippen LogP contribution in [0.1, 0.15) is 33.6 Å². The van der Waals surface area contributed by atoms with Gasteiger partial charge in [-0.25, -0.2) is 0 Å². The third-order valence-corrected chi connectivity index (χ3v) is 1.30. The maximum absolute atomic E-state index is 3.02. The third-order valence-electron chi connectivity index (χ3n) is 1.30. The topological polar surface area (TPSA) is 0 Å². The smallest absolute Gasteiger partial charge is 0.0819 e. The van der Waals surface area contributed by atoms with Gasteiger partial charge in [-0.05, 0) is 25.2 Å². The van der Waals surface area contributed by atoms with E-state index >= 15 is 0 Å². The highest BCUT2D eigenvalue weighted by atomic mass is 13.9. The number of hydrogen-bond acceptors (Lipinski definition) is 0. The Labute approximate surface area is 75.8 Å². The average molecular weight is 158 g/mol. The molecule has 0 aliphatic rings. The standard InChI is InChI=1S/C12H14/c1-4-7-8-9-11-12(6-3)10-5-2/h12H,4,6H2,1-3H3. The van der Waals surface area contributed by atoms with Crippen molar-refractivity contribution in [1.29, 1.82) is 0 Å². The normalized spacial score (nSPS) is 9.25. The maximum Gasteiger partial charge on any atom is 0.0819 e. The Bertz CT molecular complexity index is 277. The Morgan fingerprint density at radius 1 is 1.08 bits per heavy atom. The summed E-state index contributed by atoms with van der Waals surface area (Å²) >= 11 is 0. The van der Waals surface area contributed by atoms with Crippen LogP contribution in [0.3, 0.4) is 0 Å². The highest BCUT2D eigenvalue weighted by Gasteiger charge is 1.92. The van der Waals surface area contributed by atoms with E-state index in [4.69, 9.17) is 0 Å². The second-order valence-electron chi connectivity index (χ2n) is 2.28. The molecular formula is C12H14. The quantitative estimate of drug-likeness (QED) is 0.514. The van der Waals surface area contributed by atoms with E-state index in [2.05, 4.69) is 42.4 Å². The molecular weight excluding hydrogens is 144 g/mol. The van der Waals surface area contributed by atoms with Gasteiger partial charge in [0.1, 0.15) is 0 Å². The van der Waals surface area contributed by atoms with Gasteiger partial charge >= 0.3 is 0 Å². The molecule has 1 atom stereocenters. The molecule has 0 aromatic heterocycles. The second kappa shape index (κ2) is 7.78. The van der Waals surface area contributed by atoms with Crippen LogP contribution in [0, 0.1) is 41.4 Å². The zero-order valence-electron chi connectivity index (χ0n) is 7.99. The first kappa shape index (κ1) is 10.7. The Balaban J connectivity index is 4.12. The van der Waals surface area contributed by atoms with Gasteiger partial charge in [-0.3, -0.25) is 0 Å². The molecule has 0 fully saturated rings. The molecule has 0 spiro atoms. The lowest BCUT2D eigenvalue weighted by atomic mass is 10.1. The fraction of sp³-hybridized carbons (Fsp3) is 0.500. The molecule has 0 aromatic rings. The lowest BCUT2D eigenvalue weighted by Gasteiger charge is -1.92. The molecule has 1 unspecified atom stereocenters. The molecule has 0 saturated heterocycles. The predicted octanol–water partition coefficient (Wildman–Crippen LogP) is 2.45. The van der Waals surface area contributed by atoms with Crippen molar-refractivity contribution >= 4 is 0 Å². The van der Waals surface area contributed by atoms with Crippen molar-refractivity contribution in [3.63, 3.8) is 0 Å². The van der Waals surface area contributed by atoms with E-state index in [-0.39, 0.29) is 5.92 Å². The van der Waals surface area contributed by atoms with Crippen LogP contribution < -0.4 is 0 Å². The number of hydrogen-bond donors (Lipinski definition) is 0. The molecule has 0 saturated carbocycles. The largest absolute Gasteiger partial charge is 0.105 e. The van der Waals surface area contributed by atoms with E-state index < -0.39 is 0 Å². The molecule has 62 valence electrons. The van der Waals surface area contributed by atoms with Crippen molar-refractivity contribution in [2.24, 2.45) is 5.92 Å². The van der Waals surface area contributed by atoms with E-state index in [0.717, 1.165) is 12.8 Å².